The highest BCUT2D eigenvalue weighted by Gasteiger charge is 2.10. The molecule has 0 aromatic carbocycles. The minimum Gasteiger partial charge on any atom is -0.474 e. The first-order chi connectivity index (χ1) is 8.02. The van der Waals surface area contributed by atoms with Crippen molar-refractivity contribution >= 4 is 17.4 Å². The van der Waals surface area contributed by atoms with Crippen molar-refractivity contribution in [3.05, 3.63) is 22.8 Å². The standard InChI is InChI=1S/C11H16ClN3O2/c1-7(2)16-5-6-17-11-9(12)8(10(13)14)3-4-15-11/h3-4,7H,5-6H2,1-2H3,(H3,13,14). The van der Waals surface area contributed by atoms with Gasteiger partial charge in [-0.3, -0.25) is 5.41 Å². The van der Waals surface area contributed by atoms with Crippen LogP contribution in [0.5, 0.6) is 5.88 Å². The van der Waals surface area contributed by atoms with Gasteiger partial charge >= 0.3 is 0 Å². The van der Waals surface area contributed by atoms with E-state index in [9.17, 15) is 0 Å². The van der Waals surface area contributed by atoms with Crippen LogP contribution in [0.1, 0.15) is 19.4 Å². The summed E-state index contributed by atoms with van der Waals surface area (Å²) in [5, 5.41) is 7.58. The van der Waals surface area contributed by atoms with Gasteiger partial charge < -0.3 is 15.2 Å². The number of halogens is 1. The Bertz CT molecular complexity index is 396. The van der Waals surface area contributed by atoms with Crippen LogP contribution in [0, 0.1) is 5.41 Å². The lowest BCUT2D eigenvalue weighted by atomic mass is 10.2. The lowest BCUT2D eigenvalue weighted by Crippen LogP contribution is -2.14. The van der Waals surface area contributed by atoms with Crippen LogP contribution in [0.3, 0.4) is 0 Å². The lowest BCUT2D eigenvalue weighted by molar-refractivity contribution is 0.0543. The van der Waals surface area contributed by atoms with E-state index in [1.165, 1.54) is 6.20 Å². The number of nitrogen functional groups attached to an aromatic ring is 1. The predicted molar refractivity (Wildman–Crippen MR) is 66.8 cm³/mol. The van der Waals surface area contributed by atoms with Gasteiger partial charge in [0.15, 0.2) is 0 Å². The van der Waals surface area contributed by atoms with Crippen molar-refractivity contribution in [3.8, 4) is 5.88 Å². The third-order valence-corrected chi connectivity index (χ3v) is 2.29. The van der Waals surface area contributed by atoms with Crippen molar-refractivity contribution in [1.29, 1.82) is 5.41 Å². The maximum absolute atomic E-state index is 7.33. The average Bonchev–Trinajstić information content (AvgIpc) is 2.25. The molecule has 1 rings (SSSR count). The molecule has 1 aromatic rings. The molecule has 0 aliphatic heterocycles. The summed E-state index contributed by atoms with van der Waals surface area (Å²) in [5.74, 6) is 0.160. The van der Waals surface area contributed by atoms with Gasteiger partial charge in [0.25, 0.3) is 0 Å². The van der Waals surface area contributed by atoms with Crippen LogP contribution in [-0.4, -0.2) is 30.1 Å². The fourth-order valence-corrected chi connectivity index (χ4v) is 1.42. The van der Waals surface area contributed by atoms with Crippen molar-refractivity contribution in [2.24, 2.45) is 5.73 Å². The van der Waals surface area contributed by atoms with E-state index < -0.39 is 0 Å². The van der Waals surface area contributed by atoms with E-state index >= 15 is 0 Å². The van der Waals surface area contributed by atoms with Crippen LogP contribution in [0.25, 0.3) is 0 Å². The van der Waals surface area contributed by atoms with E-state index in [0.29, 0.717) is 18.8 Å². The summed E-state index contributed by atoms with van der Waals surface area (Å²) < 4.78 is 10.7. The van der Waals surface area contributed by atoms with E-state index in [1.54, 1.807) is 6.07 Å². The summed E-state index contributed by atoms with van der Waals surface area (Å²) in [6.45, 7) is 4.70. The molecule has 1 aromatic heterocycles. The van der Waals surface area contributed by atoms with Crippen LogP contribution in [0.2, 0.25) is 5.02 Å². The van der Waals surface area contributed by atoms with Crippen molar-refractivity contribution in [1.82, 2.24) is 4.98 Å². The SMILES string of the molecule is CC(C)OCCOc1nccc(C(=N)N)c1Cl. The summed E-state index contributed by atoms with van der Waals surface area (Å²) in [6, 6.07) is 1.57. The molecule has 0 amide bonds. The molecule has 3 N–H and O–H groups in total. The summed E-state index contributed by atoms with van der Waals surface area (Å²) in [4.78, 5) is 3.98. The molecule has 6 heteroatoms. The third kappa shape index (κ3) is 4.20. The first kappa shape index (κ1) is 13.7. The fraction of sp³-hybridized carbons (Fsp3) is 0.455. The van der Waals surface area contributed by atoms with Crippen molar-refractivity contribution in [3.63, 3.8) is 0 Å². The normalized spacial score (nSPS) is 10.6. The van der Waals surface area contributed by atoms with Gasteiger partial charge in [-0.2, -0.15) is 0 Å². The Hall–Kier alpha value is -1.33. The first-order valence-corrected chi connectivity index (χ1v) is 5.63. The number of pyridine rings is 1. The first-order valence-electron chi connectivity index (χ1n) is 5.25. The van der Waals surface area contributed by atoms with Crippen molar-refractivity contribution in [2.45, 2.75) is 20.0 Å². The molecule has 0 aliphatic rings. The minimum atomic E-state index is -0.110. The van der Waals surface area contributed by atoms with Crippen LogP contribution in [0.15, 0.2) is 12.3 Å². The second kappa shape index (κ2) is 6.42. The van der Waals surface area contributed by atoms with Crippen LogP contribution in [0.4, 0.5) is 0 Å². The molecule has 0 aliphatic carbocycles. The number of nitrogens with two attached hydrogens (primary N) is 1. The molecule has 0 atom stereocenters. The second-order valence-corrected chi connectivity index (χ2v) is 4.04. The Morgan fingerprint density at radius 1 is 1.53 bits per heavy atom. The molecule has 0 saturated heterocycles. The van der Waals surface area contributed by atoms with E-state index in [0.717, 1.165) is 0 Å². The maximum Gasteiger partial charge on any atom is 0.233 e. The van der Waals surface area contributed by atoms with Gasteiger partial charge in [0.05, 0.1) is 12.7 Å². The molecule has 1 heterocycles. The van der Waals surface area contributed by atoms with Crippen molar-refractivity contribution in [2.75, 3.05) is 13.2 Å². The molecule has 0 spiro atoms. The number of hydrogen-bond donors (Lipinski definition) is 2. The number of ether oxygens (including phenoxy) is 2. The highest BCUT2D eigenvalue weighted by atomic mass is 35.5. The Morgan fingerprint density at radius 2 is 2.24 bits per heavy atom. The second-order valence-electron chi connectivity index (χ2n) is 3.66. The maximum atomic E-state index is 7.33. The van der Waals surface area contributed by atoms with Gasteiger partial charge in [0.2, 0.25) is 5.88 Å². The van der Waals surface area contributed by atoms with Crippen LogP contribution < -0.4 is 10.5 Å². The molecule has 0 unspecified atom stereocenters. The largest absolute Gasteiger partial charge is 0.474 e. The van der Waals surface area contributed by atoms with Gasteiger partial charge in [0.1, 0.15) is 17.5 Å². The zero-order valence-electron chi connectivity index (χ0n) is 9.87. The summed E-state index contributed by atoms with van der Waals surface area (Å²) >= 11 is 6.00. The van der Waals surface area contributed by atoms with Gasteiger partial charge in [-0.05, 0) is 19.9 Å². The highest BCUT2D eigenvalue weighted by molar-refractivity contribution is 6.35. The lowest BCUT2D eigenvalue weighted by Gasteiger charge is -2.10. The summed E-state index contributed by atoms with van der Waals surface area (Å²) in [6.07, 6.45) is 1.66. The number of rotatable bonds is 6. The molecule has 0 bridgehead atoms. The minimum absolute atomic E-state index is 0.110. The zero-order valence-corrected chi connectivity index (χ0v) is 10.6. The van der Waals surface area contributed by atoms with Gasteiger partial charge in [-0.15, -0.1) is 0 Å². The Morgan fingerprint density at radius 3 is 2.82 bits per heavy atom. The predicted octanol–water partition coefficient (Wildman–Crippen LogP) is 1.82. The van der Waals surface area contributed by atoms with Gasteiger partial charge in [-0.1, -0.05) is 11.6 Å². The van der Waals surface area contributed by atoms with Crippen molar-refractivity contribution < 1.29 is 9.47 Å². The zero-order chi connectivity index (χ0) is 12.8. The van der Waals surface area contributed by atoms with E-state index in [4.69, 9.17) is 32.2 Å². The number of nitrogens with zero attached hydrogens (tertiary/aromatic N) is 1. The Kier molecular flexibility index (Phi) is 5.18. The third-order valence-electron chi connectivity index (χ3n) is 1.92. The molecular formula is C11H16ClN3O2. The average molecular weight is 258 g/mol. The van der Waals surface area contributed by atoms with E-state index in [-0.39, 0.29) is 22.8 Å². The smallest absolute Gasteiger partial charge is 0.233 e. The molecule has 0 saturated carbocycles. The number of nitrogens with one attached hydrogen (secondary N) is 1. The monoisotopic (exact) mass is 257 g/mol. The summed E-state index contributed by atoms with van der Waals surface area (Å²) in [7, 11) is 0. The molecule has 5 nitrogen and oxygen atoms in total. The van der Waals surface area contributed by atoms with Crippen LogP contribution in [-0.2, 0) is 4.74 Å². The van der Waals surface area contributed by atoms with Gasteiger partial charge in [-0.25, -0.2) is 4.98 Å². The topological polar surface area (TPSA) is 81.2 Å². The quantitative estimate of drug-likeness (QED) is 0.463. The van der Waals surface area contributed by atoms with Crippen LogP contribution >= 0.6 is 11.6 Å². The summed E-state index contributed by atoms with van der Waals surface area (Å²) in [5.41, 5.74) is 5.79. The number of amidine groups is 1. The van der Waals surface area contributed by atoms with E-state index in [2.05, 4.69) is 4.98 Å². The Balaban J connectivity index is 2.59. The van der Waals surface area contributed by atoms with Gasteiger partial charge in [0, 0.05) is 11.8 Å². The number of aromatic nitrogens is 1. The number of hydrogen-bond acceptors (Lipinski definition) is 4. The van der Waals surface area contributed by atoms with E-state index in [1.807, 2.05) is 13.8 Å². The fourth-order valence-electron chi connectivity index (χ4n) is 1.16. The molecular weight excluding hydrogens is 242 g/mol. The molecule has 94 valence electrons. The molecule has 0 radical (unpaired) electrons. The molecule has 0 fully saturated rings. The highest BCUT2D eigenvalue weighted by Crippen LogP contribution is 2.24. The Labute approximate surface area is 105 Å². The molecule has 17 heavy (non-hydrogen) atoms.